The normalized spacial score (nSPS) is 24.3. The standard InChI is InChI=1S/C57H77FN10O8/c1-11-57(7,8)68-31-39(40-18-12-13-19-45(40)68)29-44-54(74)66(10)47(24-33(2)3)51(71)61-43(28-37-21-22-41-38(26-37)30-59-56(64-41)76-32-58)49(69)60-35(6)53(73)65(9)46-20-15-23-67(55(46)75)48(25-34(4)5)52(72)62-42(50(70)63-44)27-36-16-14-17-36/h11-13,18-19,21-22,26,30-31,33-36,42-44,46-48H,1,14-17,20,23-25,27-29,32H2,2-10H3,(H,60,69)(H,61,71)(H,62,72)(H,63,70)/t35-,42-,43-,44-,46-,47-,48-/m0/s1. The number of nitrogens with one attached hydrogen (secondary N) is 4. The summed E-state index contributed by atoms with van der Waals surface area (Å²) in [6.45, 7) is 16.5. The van der Waals surface area contributed by atoms with E-state index in [-0.39, 0.29) is 56.0 Å². The van der Waals surface area contributed by atoms with E-state index in [1.807, 2.05) is 78.1 Å². The zero-order valence-electron chi connectivity index (χ0n) is 45.6. The van der Waals surface area contributed by atoms with Crippen LogP contribution < -0.4 is 26.0 Å². The van der Waals surface area contributed by atoms with Crippen LogP contribution >= 0.6 is 0 Å². The van der Waals surface area contributed by atoms with E-state index in [9.17, 15) is 23.6 Å². The van der Waals surface area contributed by atoms with Crippen molar-refractivity contribution in [3.8, 4) is 6.01 Å². The molecule has 2 aromatic heterocycles. The molecule has 410 valence electrons. The van der Waals surface area contributed by atoms with Crippen LogP contribution in [0.2, 0.25) is 0 Å². The number of hydrogen-bond donors (Lipinski definition) is 4. The third-order valence-electron chi connectivity index (χ3n) is 15.4. The highest BCUT2D eigenvalue weighted by atomic mass is 19.1. The Morgan fingerprint density at radius 2 is 1.43 bits per heavy atom. The smallest absolute Gasteiger partial charge is 0.319 e. The lowest BCUT2D eigenvalue weighted by molar-refractivity contribution is -0.153. The molecule has 0 spiro atoms. The molecule has 2 aromatic carbocycles. The molecule has 4 heterocycles. The number of ether oxygens (including phenoxy) is 1. The average Bonchev–Trinajstić information content (AvgIpc) is 3.75. The number of fused-ring (bicyclic) bond motifs is 4. The van der Waals surface area contributed by atoms with Crippen molar-refractivity contribution in [1.82, 2.24) is 50.5 Å². The van der Waals surface area contributed by atoms with E-state index in [4.69, 9.17) is 4.74 Å². The molecule has 3 aliphatic rings. The van der Waals surface area contributed by atoms with Gasteiger partial charge in [-0.15, -0.1) is 6.58 Å². The molecule has 7 amide bonds. The zero-order chi connectivity index (χ0) is 55.2. The van der Waals surface area contributed by atoms with Crippen LogP contribution in [0.5, 0.6) is 6.01 Å². The number of carbonyl (C=O) groups excluding carboxylic acids is 7. The fourth-order valence-electron chi connectivity index (χ4n) is 10.8. The molecule has 0 unspecified atom stereocenters. The van der Waals surface area contributed by atoms with E-state index in [0.29, 0.717) is 35.7 Å². The summed E-state index contributed by atoms with van der Waals surface area (Å²) < 4.78 is 19.9. The summed E-state index contributed by atoms with van der Waals surface area (Å²) in [5, 5.41) is 13.3. The molecule has 76 heavy (non-hydrogen) atoms. The second-order valence-corrected chi connectivity index (χ2v) is 22.4. The number of benzene rings is 2. The first-order chi connectivity index (χ1) is 36.1. The lowest BCUT2D eigenvalue weighted by atomic mass is 9.80. The molecule has 1 saturated carbocycles. The molecule has 7 atom stereocenters. The van der Waals surface area contributed by atoms with Gasteiger partial charge in [0.25, 0.3) is 0 Å². The summed E-state index contributed by atoms with van der Waals surface area (Å²) in [6.07, 6.45) is 9.41. The summed E-state index contributed by atoms with van der Waals surface area (Å²) >= 11 is 0. The Bertz CT molecular complexity index is 2810. The molecule has 2 aliphatic heterocycles. The molecule has 3 fully saturated rings. The number of hydrogen-bond acceptors (Lipinski definition) is 10. The van der Waals surface area contributed by atoms with Crippen LogP contribution in [0, 0.1) is 17.8 Å². The van der Waals surface area contributed by atoms with Crippen molar-refractivity contribution >= 4 is 63.2 Å². The molecular weight excluding hydrogens is 972 g/mol. The van der Waals surface area contributed by atoms with Crippen molar-refractivity contribution in [2.45, 2.75) is 161 Å². The van der Waals surface area contributed by atoms with Crippen LogP contribution in [0.4, 0.5) is 4.39 Å². The second kappa shape index (κ2) is 24.4. The van der Waals surface area contributed by atoms with Gasteiger partial charge in [-0.3, -0.25) is 33.6 Å². The minimum Gasteiger partial charge on any atom is -0.431 e. The van der Waals surface area contributed by atoms with Gasteiger partial charge >= 0.3 is 6.01 Å². The predicted molar refractivity (Wildman–Crippen MR) is 287 cm³/mol. The predicted octanol–water partition coefficient (Wildman–Crippen LogP) is 5.50. The molecule has 4 aromatic rings. The second-order valence-electron chi connectivity index (χ2n) is 22.4. The minimum atomic E-state index is -1.31. The van der Waals surface area contributed by atoms with Crippen LogP contribution in [0.3, 0.4) is 0 Å². The van der Waals surface area contributed by atoms with E-state index in [1.54, 1.807) is 18.2 Å². The molecule has 19 heteroatoms. The van der Waals surface area contributed by atoms with Gasteiger partial charge in [-0.25, -0.2) is 9.37 Å². The molecule has 7 rings (SSSR count). The lowest BCUT2D eigenvalue weighted by Crippen LogP contribution is -2.62. The third-order valence-corrected chi connectivity index (χ3v) is 15.4. The summed E-state index contributed by atoms with van der Waals surface area (Å²) in [7, 11) is 3.01. The molecule has 2 saturated heterocycles. The Morgan fingerprint density at radius 1 is 0.776 bits per heavy atom. The van der Waals surface area contributed by atoms with Crippen LogP contribution in [0.1, 0.15) is 111 Å². The number of amides is 7. The first-order valence-corrected chi connectivity index (χ1v) is 26.8. The number of piperidine rings is 1. The van der Waals surface area contributed by atoms with Gasteiger partial charge in [0.1, 0.15) is 42.3 Å². The SMILES string of the molecule is C=CC(C)(C)n1cc(C[C@@H]2NC(=O)[C@H](CC3CCC3)NC(=O)[C@H](CC(C)C)N3CCC[C@@H](C3=O)N(C)C(=O)[C@H](C)NC(=O)[C@H](Cc3ccc4nc(OCF)ncc4c3)NC(=O)[C@H](CC(C)C)N(C)C2=O)c2ccccc21. The number of para-hydroxylation sites is 1. The van der Waals surface area contributed by atoms with Gasteiger partial charge in [0, 0.05) is 62.2 Å². The number of nitrogens with zero attached hydrogens (tertiary/aromatic N) is 6. The van der Waals surface area contributed by atoms with Crippen molar-refractivity contribution < 1.29 is 42.7 Å². The average molecular weight is 1050 g/mol. The lowest BCUT2D eigenvalue weighted by Gasteiger charge is -2.41. The zero-order valence-corrected chi connectivity index (χ0v) is 45.6. The van der Waals surface area contributed by atoms with E-state index in [1.165, 1.54) is 41.9 Å². The maximum absolute atomic E-state index is 15.5. The van der Waals surface area contributed by atoms with E-state index < -0.39 is 96.0 Å². The van der Waals surface area contributed by atoms with Crippen molar-refractivity contribution in [3.05, 3.63) is 78.6 Å². The Balaban J connectivity index is 1.33. The highest BCUT2D eigenvalue weighted by molar-refractivity contribution is 5.99. The van der Waals surface area contributed by atoms with Gasteiger partial charge in [0.2, 0.25) is 48.2 Å². The third kappa shape index (κ3) is 13.0. The van der Waals surface area contributed by atoms with Crippen molar-refractivity contribution in [3.63, 3.8) is 0 Å². The molecule has 2 bridgehead atoms. The Kier molecular flexibility index (Phi) is 18.2. The number of likely N-dealkylation sites (N-methyl/N-ethyl adjacent to an activating group) is 2. The fourth-order valence-corrected chi connectivity index (χ4v) is 10.8. The van der Waals surface area contributed by atoms with Crippen molar-refractivity contribution in [2.24, 2.45) is 17.8 Å². The van der Waals surface area contributed by atoms with Crippen molar-refractivity contribution in [1.29, 1.82) is 0 Å². The van der Waals surface area contributed by atoms with Crippen LogP contribution in [0.25, 0.3) is 21.8 Å². The number of alkyl halides is 1. The highest BCUT2D eigenvalue weighted by Crippen LogP contribution is 2.33. The molecule has 4 N–H and O–H groups in total. The fraction of sp³-hybridized carbons (Fsp3) is 0.561. The van der Waals surface area contributed by atoms with Gasteiger partial charge in [0.05, 0.1) is 11.1 Å². The summed E-state index contributed by atoms with van der Waals surface area (Å²) in [4.78, 5) is 117. The minimum absolute atomic E-state index is 0.00689. The maximum Gasteiger partial charge on any atom is 0.319 e. The Hall–Kier alpha value is -6.92. The summed E-state index contributed by atoms with van der Waals surface area (Å²) in [6, 6.07) is 4.77. The Labute approximate surface area is 445 Å². The first kappa shape index (κ1) is 56.8. The van der Waals surface area contributed by atoms with E-state index in [0.717, 1.165) is 35.7 Å². The summed E-state index contributed by atoms with van der Waals surface area (Å²) in [5.74, 6) is -4.07. The molecule has 0 radical (unpaired) electrons. The van der Waals surface area contributed by atoms with Gasteiger partial charge in [0.15, 0.2) is 0 Å². The maximum atomic E-state index is 15.5. The van der Waals surface area contributed by atoms with E-state index in [2.05, 4.69) is 42.4 Å². The molecule has 1 aliphatic carbocycles. The molecule has 18 nitrogen and oxygen atoms in total. The van der Waals surface area contributed by atoms with Crippen LogP contribution in [-0.4, -0.2) is 140 Å². The number of aromatic nitrogens is 3. The Morgan fingerprint density at radius 3 is 2.11 bits per heavy atom. The largest absolute Gasteiger partial charge is 0.431 e. The number of rotatable bonds is 14. The monoisotopic (exact) mass is 1050 g/mol. The number of allylic oxidation sites excluding steroid dienone is 1. The van der Waals surface area contributed by atoms with Crippen LogP contribution in [0.15, 0.2) is 67.5 Å². The van der Waals surface area contributed by atoms with Crippen molar-refractivity contribution in [2.75, 3.05) is 27.5 Å². The van der Waals surface area contributed by atoms with Gasteiger partial charge in [-0.2, -0.15) is 4.98 Å². The molecular formula is C57H77FN10O8. The summed E-state index contributed by atoms with van der Waals surface area (Å²) in [5.41, 5.74) is 2.11. The van der Waals surface area contributed by atoms with Gasteiger partial charge in [-0.1, -0.05) is 77.3 Å². The highest BCUT2D eigenvalue weighted by Gasteiger charge is 2.43. The number of halogens is 1. The van der Waals surface area contributed by atoms with Gasteiger partial charge < -0.3 is 45.3 Å². The van der Waals surface area contributed by atoms with Crippen LogP contribution in [-0.2, 0) is 51.9 Å². The van der Waals surface area contributed by atoms with Gasteiger partial charge in [-0.05, 0) is 100.0 Å². The first-order valence-electron chi connectivity index (χ1n) is 26.8. The topological polar surface area (TPSA) is 217 Å². The number of carbonyl (C=O) groups is 7. The van der Waals surface area contributed by atoms with E-state index >= 15 is 14.4 Å². The quantitative estimate of drug-likeness (QED) is 0.116.